The molecule has 1 unspecified atom stereocenters. The lowest BCUT2D eigenvalue weighted by atomic mass is 10.2. The first kappa shape index (κ1) is 13.7. The van der Waals surface area contributed by atoms with E-state index in [9.17, 15) is 0 Å². The lowest BCUT2D eigenvalue weighted by Gasteiger charge is -2.30. The van der Waals surface area contributed by atoms with Gasteiger partial charge in [0.25, 0.3) is 0 Å². The Morgan fingerprint density at radius 2 is 2.20 bits per heavy atom. The molecule has 2 heterocycles. The summed E-state index contributed by atoms with van der Waals surface area (Å²) in [4.78, 5) is 3.55. The van der Waals surface area contributed by atoms with E-state index in [2.05, 4.69) is 23.3 Å². The van der Waals surface area contributed by atoms with Gasteiger partial charge in [-0.1, -0.05) is 23.7 Å². The molecule has 1 atom stereocenters. The van der Waals surface area contributed by atoms with Crippen LogP contribution in [-0.2, 0) is 6.54 Å². The number of rotatable bonds is 4. The van der Waals surface area contributed by atoms with E-state index in [0.29, 0.717) is 0 Å². The molecule has 1 aromatic carbocycles. The molecule has 2 aromatic rings. The van der Waals surface area contributed by atoms with Gasteiger partial charge in [-0.25, -0.2) is 0 Å². The molecule has 1 aromatic heterocycles. The third-order valence-electron chi connectivity index (χ3n) is 3.27. The second-order valence-corrected chi connectivity index (χ2v) is 6.82. The molecule has 0 aliphatic carbocycles. The summed E-state index contributed by atoms with van der Waals surface area (Å²) >= 11 is 7.59. The zero-order chi connectivity index (χ0) is 13.9. The first-order valence-electron chi connectivity index (χ1n) is 6.63. The maximum atomic E-state index is 6.02. The van der Waals surface area contributed by atoms with E-state index in [0.717, 1.165) is 35.4 Å². The first-order chi connectivity index (χ1) is 9.70. The van der Waals surface area contributed by atoms with E-state index in [-0.39, 0.29) is 6.10 Å². The van der Waals surface area contributed by atoms with Gasteiger partial charge in [-0.05, 0) is 31.3 Å². The molecular weight excluding hydrogens is 292 g/mol. The van der Waals surface area contributed by atoms with Crippen LogP contribution in [0.2, 0.25) is 4.34 Å². The molecule has 1 aliphatic heterocycles. The van der Waals surface area contributed by atoms with Crippen LogP contribution in [0.5, 0.6) is 5.75 Å². The molecule has 1 aliphatic rings. The number of halogens is 1. The van der Waals surface area contributed by atoms with Crippen LogP contribution in [0.4, 0.5) is 5.69 Å². The highest BCUT2D eigenvalue weighted by Crippen LogP contribution is 2.28. The van der Waals surface area contributed by atoms with Crippen molar-refractivity contribution in [2.75, 3.05) is 25.5 Å². The lowest BCUT2D eigenvalue weighted by molar-refractivity contribution is 0.148. The third kappa shape index (κ3) is 3.26. The van der Waals surface area contributed by atoms with Crippen LogP contribution in [-0.4, -0.2) is 31.1 Å². The summed E-state index contributed by atoms with van der Waals surface area (Å²) in [6, 6.07) is 12.1. The first-order valence-corrected chi connectivity index (χ1v) is 7.82. The van der Waals surface area contributed by atoms with E-state index in [1.165, 1.54) is 4.88 Å². The Bertz CT molecular complexity index is 587. The summed E-state index contributed by atoms with van der Waals surface area (Å²) in [5.41, 5.74) is 1.08. The van der Waals surface area contributed by atoms with Crippen molar-refractivity contribution in [2.45, 2.75) is 12.6 Å². The molecule has 5 heteroatoms. The molecular formula is C15H17ClN2OS. The summed E-state index contributed by atoms with van der Waals surface area (Å²) in [6.07, 6.45) is 0.172. The highest BCUT2D eigenvalue weighted by molar-refractivity contribution is 7.16. The summed E-state index contributed by atoms with van der Waals surface area (Å²) in [5, 5.41) is 3.42. The fourth-order valence-corrected chi connectivity index (χ4v) is 3.55. The Hall–Kier alpha value is -1.23. The van der Waals surface area contributed by atoms with Crippen molar-refractivity contribution >= 4 is 28.6 Å². The van der Waals surface area contributed by atoms with Crippen molar-refractivity contribution in [1.82, 2.24) is 4.90 Å². The van der Waals surface area contributed by atoms with Gasteiger partial charge >= 0.3 is 0 Å². The zero-order valence-corrected chi connectivity index (χ0v) is 12.9. The second kappa shape index (κ2) is 6.04. The van der Waals surface area contributed by atoms with Crippen molar-refractivity contribution in [1.29, 1.82) is 0 Å². The van der Waals surface area contributed by atoms with Gasteiger partial charge < -0.3 is 10.1 Å². The second-order valence-electron chi connectivity index (χ2n) is 5.02. The third-order valence-corrected chi connectivity index (χ3v) is 4.49. The Balaban J connectivity index is 1.56. The number of nitrogens with zero attached hydrogens (tertiary/aromatic N) is 1. The minimum absolute atomic E-state index is 0.172. The maximum Gasteiger partial charge on any atom is 0.142 e. The fourth-order valence-electron chi connectivity index (χ4n) is 2.38. The number of thiophene rings is 1. The molecule has 20 heavy (non-hydrogen) atoms. The fraction of sp³-hybridized carbons (Fsp3) is 0.333. The number of nitrogens with one attached hydrogen (secondary N) is 1. The van der Waals surface area contributed by atoms with Gasteiger partial charge in [0.05, 0.1) is 16.6 Å². The number of fused-ring (bicyclic) bond motifs is 1. The Morgan fingerprint density at radius 1 is 1.35 bits per heavy atom. The number of likely N-dealkylation sites (N-methyl/N-ethyl adjacent to an activating group) is 1. The predicted octanol–water partition coefficient (Wildman–Crippen LogP) is 3.71. The Labute approximate surface area is 128 Å². The van der Waals surface area contributed by atoms with E-state index < -0.39 is 0 Å². The topological polar surface area (TPSA) is 24.5 Å². The lowest BCUT2D eigenvalue weighted by Crippen LogP contribution is -2.39. The molecule has 0 saturated carbocycles. The number of hydrogen-bond donors (Lipinski definition) is 1. The minimum Gasteiger partial charge on any atom is -0.485 e. The smallest absolute Gasteiger partial charge is 0.142 e. The molecule has 0 bridgehead atoms. The van der Waals surface area contributed by atoms with Crippen LogP contribution in [0.1, 0.15) is 4.88 Å². The Kier molecular flexibility index (Phi) is 4.15. The number of para-hydroxylation sites is 2. The van der Waals surface area contributed by atoms with Crippen LogP contribution in [0, 0.1) is 0 Å². The SMILES string of the molecule is CN(Cc1ccc(Cl)s1)CC1CNc2ccccc2O1. The van der Waals surface area contributed by atoms with Gasteiger partial charge in [0.2, 0.25) is 0 Å². The monoisotopic (exact) mass is 308 g/mol. The largest absolute Gasteiger partial charge is 0.485 e. The molecule has 0 saturated heterocycles. The van der Waals surface area contributed by atoms with Crippen molar-refractivity contribution in [3.63, 3.8) is 0 Å². The number of hydrogen-bond acceptors (Lipinski definition) is 4. The van der Waals surface area contributed by atoms with Gasteiger partial charge in [0.15, 0.2) is 0 Å². The number of benzene rings is 1. The molecule has 3 rings (SSSR count). The van der Waals surface area contributed by atoms with Gasteiger partial charge in [0.1, 0.15) is 11.9 Å². The summed E-state index contributed by atoms with van der Waals surface area (Å²) in [6.45, 7) is 2.63. The van der Waals surface area contributed by atoms with Gasteiger partial charge in [0, 0.05) is 18.0 Å². The average molecular weight is 309 g/mol. The van der Waals surface area contributed by atoms with Crippen LogP contribution in [0.3, 0.4) is 0 Å². The zero-order valence-electron chi connectivity index (χ0n) is 11.3. The van der Waals surface area contributed by atoms with Crippen LogP contribution < -0.4 is 10.1 Å². The van der Waals surface area contributed by atoms with Crippen molar-refractivity contribution < 1.29 is 4.74 Å². The molecule has 0 spiro atoms. The molecule has 1 N–H and O–H groups in total. The van der Waals surface area contributed by atoms with E-state index >= 15 is 0 Å². The van der Waals surface area contributed by atoms with Crippen LogP contribution in [0.25, 0.3) is 0 Å². The molecule has 106 valence electrons. The standard InChI is InChI=1S/C15H17ClN2OS/c1-18(10-12-6-7-15(16)20-12)9-11-8-17-13-4-2-3-5-14(13)19-11/h2-7,11,17H,8-10H2,1H3. The molecule has 0 radical (unpaired) electrons. The molecule has 3 nitrogen and oxygen atoms in total. The minimum atomic E-state index is 0.172. The van der Waals surface area contributed by atoms with E-state index in [4.69, 9.17) is 16.3 Å². The quantitative estimate of drug-likeness (QED) is 0.932. The van der Waals surface area contributed by atoms with Gasteiger partial charge in [-0.15, -0.1) is 11.3 Å². The van der Waals surface area contributed by atoms with Crippen molar-refractivity contribution in [3.8, 4) is 5.75 Å². The van der Waals surface area contributed by atoms with Gasteiger partial charge in [-0.2, -0.15) is 0 Å². The van der Waals surface area contributed by atoms with Gasteiger partial charge in [-0.3, -0.25) is 4.90 Å². The molecule has 0 amide bonds. The average Bonchev–Trinajstić information content (AvgIpc) is 2.83. The van der Waals surface area contributed by atoms with Crippen LogP contribution >= 0.6 is 22.9 Å². The normalized spacial score (nSPS) is 17.4. The highest BCUT2D eigenvalue weighted by atomic mass is 35.5. The molecule has 0 fully saturated rings. The number of ether oxygens (including phenoxy) is 1. The van der Waals surface area contributed by atoms with E-state index in [1.54, 1.807) is 11.3 Å². The highest BCUT2D eigenvalue weighted by Gasteiger charge is 2.20. The summed E-state index contributed by atoms with van der Waals surface area (Å²) < 4.78 is 6.86. The van der Waals surface area contributed by atoms with E-state index in [1.807, 2.05) is 30.3 Å². The predicted molar refractivity (Wildman–Crippen MR) is 85.0 cm³/mol. The number of anilines is 1. The van der Waals surface area contributed by atoms with Crippen molar-refractivity contribution in [3.05, 3.63) is 45.6 Å². The van der Waals surface area contributed by atoms with Crippen molar-refractivity contribution in [2.24, 2.45) is 0 Å². The van der Waals surface area contributed by atoms with Crippen LogP contribution in [0.15, 0.2) is 36.4 Å². The maximum absolute atomic E-state index is 6.02. The Morgan fingerprint density at radius 3 is 3.00 bits per heavy atom. The summed E-state index contributed by atoms with van der Waals surface area (Å²) in [5.74, 6) is 0.941. The summed E-state index contributed by atoms with van der Waals surface area (Å²) in [7, 11) is 2.11.